The summed E-state index contributed by atoms with van der Waals surface area (Å²) in [5.41, 5.74) is 0. The van der Waals surface area contributed by atoms with Crippen LogP contribution in [0.1, 0.15) is 58.8 Å². The van der Waals surface area contributed by atoms with Gasteiger partial charge in [0.1, 0.15) is 0 Å². The fourth-order valence-corrected chi connectivity index (χ4v) is 3.55. The van der Waals surface area contributed by atoms with Gasteiger partial charge in [0.2, 0.25) is 0 Å². The molecule has 1 atom stereocenters. The van der Waals surface area contributed by atoms with E-state index in [1.54, 1.807) is 0 Å². The van der Waals surface area contributed by atoms with Crippen molar-refractivity contribution in [3.8, 4) is 0 Å². The molecule has 0 amide bonds. The minimum Gasteiger partial charge on any atom is -0.314 e. The summed E-state index contributed by atoms with van der Waals surface area (Å²) in [7, 11) is 0. The molecule has 1 saturated carbocycles. The summed E-state index contributed by atoms with van der Waals surface area (Å²) in [5.74, 6) is 0.930. The Bertz CT molecular complexity index is 209. The average Bonchev–Trinajstić information content (AvgIpc) is 2.37. The summed E-state index contributed by atoms with van der Waals surface area (Å²) in [6, 6.07) is 1.71. The Balaban J connectivity index is 1.71. The quantitative estimate of drug-likeness (QED) is 0.810. The predicted octanol–water partition coefficient (Wildman–Crippen LogP) is 3.03. The lowest BCUT2D eigenvalue weighted by atomic mass is 9.88. The zero-order valence-electron chi connectivity index (χ0n) is 11.8. The highest BCUT2D eigenvalue weighted by molar-refractivity contribution is 4.85. The molecule has 1 aliphatic heterocycles. The molecule has 1 saturated heterocycles. The van der Waals surface area contributed by atoms with Gasteiger partial charge in [0.25, 0.3) is 0 Å². The maximum Gasteiger partial charge on any atom is 0.00965 e. The lowest BCUT2D eigenvalue weighted by molar-refractivity contribution is 0.0967. The van der Waals surface area contributed by atoms with Crippen LogP contribution in [0.15, 0.2) is 0 Å². The van der Waals surface area contributed by atoms with Crippen LogP contribution >= 0.6 is 0 Å². The zero-order valence-corrected chi connectivity index (χ0v) is 11.8. The standard InChI is InChI=1S/C15H30N2/c1-3-10-16-14-6-8-15(9-7-14)17-11-4-5-13(2)12-17/h13-16H,3-12H2,1-2H3. The predicted molar refractivity (Wildman–Crippen MR) is 74.3 cm³/mol. The number of piperidine rings is 1. The maximum atomic E-state index is 3.68. The highest BCUT2D eigenvalue weighted by Gasteiger charge is 2.27. The van der Waals surface area contributed by atoms with Crippen molar-refractivity contribution in [1.29, 1.82) is 0 Å². The van der Waals surface area contributed by atoms with Crippen LogP contribution in [-0.2, 0) is 0 Å². The minimum atomic E-state index is 0.813. The van der Waals surface area contributed by atoms with Crippen LogP contribution in [0.5, 0.6) is 0 Å². The van der Waals surface area contributed by atoms with Gasteiger partial charge in [0, 0.05) is 18.6 Å². The van der Waals surface area contributed by atoms with Crippen LogP contribution in [0.4, 0.5) is 0 Å². The van der Waals surface area contributed by atoms with Crippen molar-refractivity contribution < 1.29 is 0 Å². The van der Waals surface area contributed by atoms with Gasteiger partial charge in [-0.3, -0.25) is 0 Å². The van der Waals surface area contributed by atoms with E-state index < -0.39 is 0 Å². The van der Waals surface area contributed by atoms with E-state index in [1.807, 2.05) is 0 Å². The van der Waals surface area contributed by atoms with Crippen LogP contribution in [-0.4, -0.2) is 36.6 Å². The molecule has 100 valence electrons. The average molecular weight is 238 g/mol. The van der Waals surface area contributed by atoms with Gasteiger partial charge in [-0.1, -0.05) is 13.8 Å². The molecule has 2 heteroatoms. The Labute approximate surface area is 107 Å². The second-order valence-electron chi connectivity index (χ2n) is 6.20. The van der Waals surface area contributed by atoms with Gasteiger partial charge in [-0.25, -0.2) is 0 Å². The second-order valence-corrected chi connectivity index (χ2v) is 6.20. The molecule has 1 unspecified atom stereocenters. The number of hydrogen-bond acceptors (Lipinski definition) is 2. The SMILES string of the molecule is CCCNC1CCC(N2CCCC(C)C2)CC1. The van der Waals surface area contributed by atoms with Gasteiger partial charge in [-0.05, 0) is 64.0 Å². The van der Waals surface area contributed by atoms with E-state index in [-0.39, 0.29) is 0 Å². The summed E-state index contributed by atoms with van der Waals surface area (Å²) >= 11 is 0. The largest absolute Gasteiger partial charge is 0.314 e. The van der Waals surface area contributed by atoms with Gasteiger partial charge in [0.15, 0.2) is 0 Å². The molecule has 1 heterocycles. The summed E-state index contributed by atoms with van der Waals surface area (Å²) in [6.45, 7) is 8.60. The van der Waals surface area contributed by atoms with E-state index in [0.29, 0.717) is 0 Å². The van der Waals surface area contributed by atoms with Crippen molar-refractivity contribution in [1.82, 2.24) is 10.2 Å². The van der Waals surface area contributed by atoms with Crippen molar-refractivity contribution in [2.75, 3.05) is 19.6 Å². The first kappa shape index (κ1) is 13.4. The molecule has 2 aliphatic rings. The van der Waals surface area contributed by atoms with Crippen LogP contribution < -0.4 is 5.32 Å². The molecule has 0 aromatic heterocycles. The molecule has 1 N–H and O–H groups in total. The van der Waals surface area contributed by atoms with Gasteiger partial charge in [-0.15, -0.1) is 0 Å². The highest BCUT2D eigenvalue weighted by Crippen LogP contribution is 2.27. The third kappa shape index (κ3) is 3.96. The normalized spacial score (nSPS) is 36.0. The Morgan fingerprint density at radius 3 is 2.53 bits per heavy atom. The number of nitrogens with one attached hydrogen (secondary N) is 1. The van der Waals surface area contributed by atoms with Gasteiger partial charge in [-0.2, -0.15) is 0 Å². The molecule has 0 spiro atoms. The van der Waals surface area contributed by atoms with Crippen molar-refractivity contribution in [3.05, 3.63) is 0 Å². The first-order valence-electron chi connectivity index (χ1n) is 7.77. The summed E-state index contributed by atoms with van der Waals surface area (Å²) in [6.07, 6.45) is 9.79. The van der Waals surface area contributed by atoms with E-state index in [4.69, 9.17) is 0 Å². The first-order chi connectivity index (χ1) is 8.29. The molecule has 1 aliphatic carbocycles. The Morgan fingerprint density at radius 2 is 1.88 bits per heavy atom. The Morgan fingerprint density at radius 1 is 1.12 bits per heavy atom. The molecule has 0 radical (unpaired) electrons. The summed E-state index contributed by atoms with van der Waals surface area (Å²) in [5, 5.41) is 3.68. The fraction of sp³-hybridized carbons (Fsp3) is 1.00. The number of likely N-dealkylation sites (tertiary alicyclic amines) is 1. The van der Waals surface area contributed by atoms with E-state index in [0.717, 1.165) is 18.0 Å². The number of rotatable bonds is 4. The van der Waals surface area contributed by atoms with E-state index in [2.05, 4.69) is 24.1 Å². The molecular formula is C15H30N2. The minimum absolute atomic E-state index is 0.813. The highest BCUT2D eigenvalue weighted by atomic mass is 15.2. The van der Waals surface area contributed by atoms with Gasteiger partial charge in [0.05, 0.1) is 0 Å². The zero-order chi connectivity index (χ0) is 12.1. The van der Waals surface area contributed by atoms with Crippen molar-refractivity contribution >= 4 is 0 Å². The summed E-state index contributed by atoms with van der Waals surface area (Å²) in [4.78, 5) is 2.78. The third-order valence-electron chi connectivity index (χ3n) is 4.58. The molecule has 2 rings (SSSR count). The third-order valence-corrected chi connectivity index (χ3v) is 4.58. The lowest BCUT2D eigenvalue weighted by Crippen LogP contribution is -2.46. The number of nitrogens with zero attached hydrogens (tertiary/aromatic N) is 1. The van der Waals surface area contributed by atoms with Crippen LogP contribution in [0.3, 0.4) is 0 Å². The Hall–Kier alpha value is -0.0800. The second kappa shape index (κ2) is 6.75. The molecular weight excluding hydrogens is 208 g/mol. The van der Waals surface area contributed by atoms with E-state index >= 15 is 0 Å². The Kier molecular flexibility index (Phi) is 5.30. The molecule has 0 aromatic rings. The van der Waals surface area contributed by atoms with Crippen LogP contribution in [0.25, 0.3) is 0 Å². The lowest BCUT2D eigenvalue weighted by Gasteiger charge is -2.41. The van der Waals surface area contributed by atoms with Crippen molar-refractivity contribution in [3.63, 3.8) is 0 Å². The van der Waals surface area contributed by atoms with Crippen molar-refractivity contribution in [2.45, 2.75) is 70.9 Å². The molecule has 0 bridgehead atoms. The molecule has 0 aromatic carbocycles. The number of hydrogen-bond donors (Lipinski definition) is 1. The molecule has 17 heavy (non-hydrogen) atoms. The van der Waals surface area contributed by atoms with E-state index in [1.165, 1.54) is 64.6 Å². The fourth-order valence-electron chi connectivity index (χ4n) is 3.55. The monoisotopic (exact) mass is 238 g/mol. The molecule has 2 nitrogen and oxygen atoms in total. The first-order valence-corrected chi connectivity index (χ1v) is 7.77. The van der Waals surface area contributed by atoms with Crippen LogP contribution in [0, 0.1) is 5.92 Å². The van der Waals surface area contributed by atoms with Crippen molar-refractivity contribution in [2.24, 2.45) is 5.92 Å². The maximum absolute atomic E-state index is 3.68. The van der Waals surface area contributed by atoms with E-state index in [9.17, 15) is 0 Å². The van der Waals surface area contributed by atoms with Crippen LogP contribution in [0.2, 0.25) is 0 Å². The van der Waals surface area contributed by atoms with Gasteiger partial charge >= 0.3 is 0 Å². The van der Waals surface area contributed by atoms with Gasteiger partial charge < -0.3 is 10.2 Å². The topological polar surface area (TPSA) is 15.3 Å². The summed E-state index contributed by atoms with van der Waals surface area (Å²) < 4.78 is 0. The molecule has 2 fully saturated rings. The smallest absolute Gasteiger partial charge is 0.00965 e.